The standard InChI is InChI=1S/C23H26N4O4S/c1-15-8-9-16(2)20(14-15)22-25-26-23(31-22)24-21(28)17-10-12-19(13-11-17)32(29,30)27(3)18-6-4-5-7-18/h8-14,18H,4-7H2,1-3H3,(H,24,26,28). The summed E-state index contributed by atoms with van der Waals surface area (Å²) in [6, 6.07) is 11.8. The Morgan fingerprint density at radius 3 is 2.44 bits per heavy atom. The van der Waals surface area contributed by atoms with Gasteiger partial charge < -0.3 is 4.42 Å². The molecular formula is C23H26N4O4S. The minimum absolute atomic E-state index is 0.0245. The highest BCUT2D eigenvalue weighted by Gasteiger charge is 2.30. The number of aromatic nitrogens is 2. The van der Waals surface area contributed by atoms with E-state index < -0.39 is 15.9 Å². The van der Waals surface area contributed by atoms with Gasteiger partial charge >= 0.3 is 6.01 Å². The Bertz CT molecular complexity index is 1230. The van der Waals surface area contributed by atoms with Gasteiger partial charge in [0, 0.05) is 24.2 Å². The summed E-state index contributed by atoms with van der Waals surface area (Å²) in [5, 5.41) is 10.5. The molecule has 168 valence electrons. The molecule has 1 heterocycles. The van der Waals surface area contributed by atoms with E-state index in [0.717, 1.165) is 42.4 Å². The first kappa shape index (κ1) is 22.2. The maximum Gasteiger partial charge on any atom is 0.322 e. The van der Waals surface area contributed by atoms with Gasteiger partial charge in [-0.3, -0.25) is 10.1 Å². The Kier molecular flexibility index (Phi) is 6.12. The van der Waals surface area contributed by atoms with Crippen LogP contribution in [0.1, 0.15) is 47.2 Å². The monoisotopic (exact) mass is 454 g/mol. The average Bonchev–Trinajstić information content (AvgIpc) is 3.47. The van der Waals surface area contributed by atoms with Gasteiger partial charge in [-0.15, -0.1) is 5.10 Å². The highest BCUT2D eigenvalue weighted by atomic mass is 32.2. The summed E-state index contributed by atoms with van der Waals surface area (Å²) in [5.74, 6) is -0.146. The van der Waals surface area contributed by atoms with Gasteiger partial charge in [-0.2, -0.15) is 4.31 Å². The normalized spacial score (nSPS) is 14.8. The van der Waals surface area contributed by atoms with Crippen molar-refractivity contribution in [3.63, 3.8) is 0 Å². The summed E-state index contributed by atoms with van der Waals surface area (Å²) in [7, 11) is -1.98. The first-order valence-corrected chi connectivity index (χ1v) is 12.0. The highest BCUT2D eigenvalue weighted by Crippen LogP contribution is 2.28. The molecule has 4 rings (SSSR count). The van der Waals surface area contributed by atoms with Gasteiger partial charge in [0.1, 0.15) is 0 Å². The first-order chi connectivity index (χ1) is 15.3. The van der Waals surface area contributed by atoms with Crippen molar-refractivity contribution in [1.29, 1.82) is 0 Å². The third kappa shape index (κ3) is 4.44. The van der Waals surface area contributed by atoms with Crippen molar-refractivity contribution in [2.75, 3.05) is 12.4 Å². The predicted molar refractivity (Wildman–Crippen MR) is 121 cm³/mol. The molecule has 0 aliphatic heterocycles. The quantitative estimate of drug-likeness (QED) is 0.599. The molecule has 1 aliphatic rings. The number of hydrogen-bond acceptors (Lipinski definition) is 6. The van der Waals surface area contributed by atoms with Gasteiger partial charge in [0.25, 0.3) is 5.91 Å². The molecule has 1 aliphatic carbocycles. The fraction of sp³-hybridized carbons (Fsp3) is 0.348. The van der Waals surface area contributed by atoms with Crippen LogP contribution < -0.4 is 5.32 Å². The molecule has 2 aromatic carbocycles. The Labute approximate surface area is 187 Å². The van der Waals surface area contributed by atoms with E-state index in [9.17, 15) is 13.2 Å². The predicted octanol–water partition coefficient (Wildman–Crippen LogP) is 4.17. The van der Waals surface area contributed by atoms with Gasteiger partial charge in [-0.1, -0.05) is 35.6 Å². The lowest BCUT2D eigenvalue weighted by molar-refractivity contribution is 0.102. The largest absolute Gasteiger partial charge is 0.403 e. The van der Waals surface area contributed by atoms with E-state index in [-0.39, 0.29) is 17.0 Å². The van der Waals surface area contributed by atoms with Crippen LogP contribution in [0.3, 0.4) is 0 Å². The number of aryl methyl sites for hydroxylation is 2. The van der Waals surface area contributed by atoms with Crippen LogP contribution in [0.4, 0.5) is 6.01 Å². The van der Waals surface area contributed by atoms with Gasteiger partial charge in [0.2, 0.25) is 15.9 Å². The number of rotatable bonds is 6. The van der Waals surface area contributed by atoms with Crippen LogP contribution in [0, 0.1) is 13.8 Å². The third-order valence-electron chi connectivity index (χ3n) is 5.90. The Morgan fingerprint density at radius 1 is 1.06 bits per heavy atom. The fourth-order valence-electron chi connectivity index (χ4n) is 3.93. The smallest absolute Gasteiger partial charge is 0.322 e. The van der Waals surface area contributed by atoms with E-state index >= 15 is 0 Å². The Balaban J connectivity index is 1.47. The second-order valence-corrected chi connectivity index (χ2v) is 10.2. The minimum atomic E-state index is -3.60. The molecule has 8 nitrogen and oxygen atoms in total. The number of benzene rings is 2. The molecule has 0 unspecified atom stereocenters. The fourth-order valence-corrected chi connectivity index (χ4v) is 5.34. The zero-order valence-electron chi connectivity index (χ0n) is 18.3. The molecule has 1 amide bonds. The molecule has 0 atom stereocenters. The zero-order chi connectivity index (χ0) is 22.9. The molecule has 0 spiro atoms. The van der Waals surface area contributed by atoms with Crippen LogP contribution in [-0.4, -0.2) is 41.9 Å². The van der Waals surface area contributed by atoms with Gasteiger partial charge in [0.15, 0.2) is 0 Å². The first-order valence-electron chi connectivity index (χ1n) is 10.6. The lowest BCUT2D eigenvalue weighted by atomic mass is 10.1. The van der Waals surface area contributed by atoms with E-state index in [0.29, 0.717) is 11.5 Å². The summed E-state index contributed by atoms with van der Waals surface area (Å²) in [4.78, 5) is 12.8. The lowest BCUT2D eigenvalue weighted by Crippen LogP contribution is -2.35. The topological polar surface area (TPSA) is 105 Å². The van der Waals surface area contributed by atoms with E-state index in [1.807, 2.05) is 32.0 Å². The molecule has 0 saturated heterocycles. The molecule has 1 saturated carbocycles. The van der Waals surface area contributed by atoms with Crippen LogP contribution in [0.5, 0.6) is 0 Å². The van der Waals surface area contributed by atoms with Crippen LogP contribution in [0.2, 0.25) is 0 Å². The number of anilines is 1. The van der Waals surface area contributed by atoms with Crippen molar-refractivity contribution in [3.05, 3.63) is 59.2 Å². The second kappa shape index (κ2) is 8.84. The molecule has 0 bridgehead atoms. The van der Waals surface area contributed by atoms with Crippen molar-refractivity contribution in [2.45, 2.75) is 50.5 Å². The number of amides is 1. The molecule has 32 heavy (non-hydrogen) atoms. The number of carbonyl (C=O) groups excluding carboxylic acids is 1. The third-order valence-corrected chi connectivity index (χ3v) is 7.83. The average molecular weight is 455 g/mol. The maximum absolute atomic E-state index is 12.9. The minimum Gasteiger partial charge on any atom is -0.403 e. The number of carbonyl (C=O) groups is 1. The summed E-state index contributed by atoms with van der Waals surface area (Å²) in [6.45, 7) is 3.91. The van der Waals surface area contributed by atoms with Crippen molar-refractivity contribution in [1.82, 2.24) is 14.5 Å². The van der Waals surface area contributed by atoms with Crippen LogP contribution >= 0.6 is 0 Å². The number of nitrogens with zero attached hydrogens (tertiary/aromatic N) is 3. The van der Waals surface area contributed by atoms with Crippen molar-refractivity contribution >= 4 is 21.9 Å². The number of sulfonamides is 1. The van der Waals surface area contributed by atoms with Crippen molar-refractivity contribution < 1.29 is 17.6 Å². The van der Waals surface area contributed by atoms with E-state index in [4.69, 9.17) is 4.42 Å². The Hall–Kier alpha value is -3.04. The summed E-state index contributed by atoms with van der Waals surface area (Å²) >= 11 is 0. The van der Waals surface area contributed by atoms with Crippen LogP contribution in [-0.2, 0) is 10.0 Å². The van der Waals surface area contributed by atoms with Crippen molar-refractivity contribution in [3.8, 4) is 11.5 Å². The number of hydrogen-bond donors (Lipinski definition) is 1. The lowest BCUT2D eigenvalue weighted by Gasteiger charge is -2.23. The Morgan fingerprint density at radius 2 is 1.75 bits per heavy atom. The van der Waals surface area contributed by atoms with E-state index in [1.165, 1.54) is 28.6 Å². The van der Waals surface area contributed by atoms with Crippen LogP contribution in [0.15, 0.2) is 51.8 Å². The summed E-state index contributed by atoms with van der Waals surface area (Å²) in [6.07, 6.45) is 3.85. The van der Waals surface area contributed by atoms with Gasteiger partial charge in [0.05, 0.1) is 4.90 Å². The zero-order valence-corrected chi connectivity index (χ0v) is 19.1. The van der Waals surface area contributed by atoms with E-state index in [1.54, 1.807) is 7.05 Å². The molecule has 1 fully saturated rings. The highest BCUT2D eigenvalue weighted by molar-refractivity contribution is 7.89. The SMILES string of the molecule is Cc1ccc(C)c(-c2nnc(NC(=O)c3ccc(S(=O)(=O)N(C)C4CCCC4)cc3)o2)c1. The summed E-state index contributed by atoms with van der Waals surface area (Å²) < 4.78 is 32.8. The summed E-state index contributed by atoms with van der Waals surface area (Å²) in [5.41, 5.74) is 3.14. The molecule has 1 N–H and O–H groups in total. The van der Waals surface area contributed by atoms with Crippen LogP contribution in [0.25, 0.3) is 11.5 Å². The van der Waals surface area contributed by atoms with E-state index in [2.05, 4.69) is 15.5 Å². The van der Waals surface area contributed by atoms with Gasteiger partial charge in [-0.25, -0.2) is 8.42 Å². The van der Waals surface area contributed by atoms with Gasteiger partial charge in [-0.05, 0) is 62.6 Å². The molecule has 1 aromatic heterocycles. The second-order valence-electron chi connectivity index (χ2n) is 8.17. The molecule has 9 heteroatoms. The number of nitrogens with one attached hydrogen (secondary N) is 1. The molecular weight excluding hydrogens is 428 g/mol. The van der Waals surface area contributed by atoms with Crippen molar-refractivity contribution in [2.24, 2.45) is 0 Å². The molecule has 3 aromatic rings. The maximum atomic E-state index is 12.9. The molecule has 0 radical (unpaired) electrons.